The van der Waals surface area contributed by atoms with Crippen LogP contribution in [0.25, 0.3) is 0 Å². The Hall–Kier alpha value is -1.01. The molecule has 0 heterocycles. The van der Waals surface area contributed by atoms with Gasteiger partial charge in [0.1, 0.15) is 6.61 Å². The topological polar surface area (TPSA) is 137 Å². The molecule has 52 heavy (non-hydrogen) atoms. The van der Waals surface area contributed by atoms with Gasteiger partial charge in [0.25, 0.3) is 0 Å². The Bertz CT molecular complexity index is 661. The smallest absolute Gasteiger partial charge is 0.302 e. The van der Waals surface area contributed by atoms with Crippen molar-refractivity contribution in [3.63, 3.8) is 0 Å². The highest BCUT2D eigenvalue weighted by Crippen LogP contribution is 2.10. The lowest BCUT2D eigenvalue weighted by atomic mass is 10.1. The molecule has 0 aromatic rings. The molecular weight excluding hydrogens is 680 g/mol. The second-order valence-corrected chi connectivity index (χ2v) is 11.9. The van der Waals surface area contributed by atoms with Crippen LogP contribution >= 0.6 is 0 Å². The minimum atomic E-state index is -0.310. The van der Waals surface area contributed by atoms with Crippen LogP contribution in [0.15, 0.2) is 0 Å². The van der Waals surface area contributed by atoms with Gasteiger partial charge < -0.3 is 61.6 Å². The van der Waals surface area contributed by atoms with Gasteiger partial charge in [-0.1, -0.05) is 64.7 Å². The lowest BCUT2D eigenvalue weighted by Crippen LogP contribution is -2.15. The van der Waals surface area contributed by atoms with E-state index < -0.39 is 0 Å². The summed E-state index contributed by atoms with van der Waals surface area (Å²) in [6.45, 7) is 16.5. The van der Waals surface area contributed by atoms with Crippen LogP contribution in [0.5, 0.6) is 0 Å². The van der Waals surface area contributed by atoms with Crippen LogP contribution in [-0.2, 0) is 66.4 Å². The van der Waals surface area contributed by atoms with Crippen LogP contribution in [-0.4, -0.2) is 171 Å². The molecule has 0 fully saturated rings. The van der Waals surface area contributed by atoms with Gasteiger partial charge >= 0.3 is 5.97 Å². The summed E-state index contributed by atoms with van der Waals surface area (Å²) in [6.07, 6.45) is 13.4. The standard InChI is InChI=1S/C38H76O14/c1-3-4-5-6-7-8-9-10-11-12-13-40-14-15-41-16-17-42-18-19-43-20-21-44-22-23-45-24-25-46-26-27-47-28-29-48-30-31-49-32-33-50-34-35-51-36-37-52-38(2)39/h3-37H2,1-2H3. The highest BCUT2D eigenvalue weighted by Gasteiger charge is 1.98. The third-order valence-corrected chi connectivity index (χ3v) is 7.27. The van der Waals surface area contributed by atoms with Gasteiger partial charge in [0.2, 0.25) is 0 Å². The van der Waals surface area contributed by atoms with E-state index in [1.807, 2.05) is 0 Å². The second-order valence-electron chi connectivity index (χ2n) is 11.9. The lowest BCUT2D eigenvalue weighted by molar-refractivity contribution is -0.142. The highest BCUT2D eigenvalue weighted by molar-refractivity contribution is 5.65. The van der Waals surface area contributed by atoms with Gasteiger partial charge in [-0.3, -0.25) is 4.79 Å². The van der Waals surface area contributed by atoms with Crippen LogP contribution in [0.1, 0.15) is 78.1 Å². The average molecular weight is 757 g/mol. The summed E-state index contributed by atoms with van der Waals surface area (Å²) >= 11 is 0. The normalized spacial score (nSPS) is 11.5. The third kappa shape index (κ3) is 49.0. The van der Waals surface area contributed by atoms with Gasteiger partial charge in [0, 0.05) is 13.5 Å². The molecule has 0 saturated heterocycles. The van der Waals surface area contributed by atoms with Crippen LogP contribution in [0, 0.1) is 0 Å². The third-order valence-electron chi connectivity index (χ3n) is 7.27. The molecule has 0 amide bonds. The Balaban J connectivity index is 3.05. The average Bonchev–Trinajstić information content (AvgIpc) is 3.14. The number of hydrogen-bond acceptors (Lipinski definition) is 14. The first-order valence-electron chi connectivity index (χ1n) is 19.8. The van der Waals surface area contributed by atoms with Crippen molar-refractivity contribution in [3.8, 4) is 0 Å². The lowest BCUT2D eigenvalue weighted by Gasteiger charge is -2.09. The van der Waals surface area contributed by atoms with E-state index in [2.05, 4.69) is 6.92 Å². The minimum Gasteiger partial charge on any atom is -0.463 e. The summed E-state index contributed by atoms with van der Waals surface area (Å²) in [5, 5.41) is 0. The Morgan fingerprint density at radius 1 is 0.269 bits per heavy atom. The Kier molecular flexibility index (Phi) is 47.1. The number of hydrogen-bond donors (Lipinski definition) is 0. The summed E-state index contributed by atoms with van der Waals surface area (Å²) in [5.74, 6) is -0.310. The van der Waals surface area contributed by atoms with E-state index in [1.165, 1.54) is 64.7 Å². The molecule has 14 heteroatoms. The van der Waals surface area contributed by atoms with E-state index in [9.17, 15) is 4.79 Å². The van der Waals surface area contributed by atoms with Crippen molar-refractivity contribution >= 4 is 5.97 Å². The first kappa shape index (κ1) is 51.0. The van der Waals surface area contributed by atoms with Crippen molar-refractivity contribution < 1.29 is 66.4 Å². The summed E-state index contributed by atoms with van der Waals surface area (Å²) in [7, 11) is 0. The van der Waals surface area contributed by atoms with E-state index in [0.717, 1.165) is 13.0 Å². The molecule has 0 bridgehead atoms. The molecule has 0 aromatic heterocycles. The van der Waals surface area contributed by atoms with E-state index in [1.54, 1.807) is 0 Å². The number of rotatable bonds is 47. The van der Waals surface area contributed by atoms with Gasteiger partial charge in [-0.25, -0.2) is 0 Å². The largest absolute Gasteiger partial charge is 0.463 e. The van der Waals surface area contributed by atoms with Crippen LogP contribution < -0.4 is 0 Å². The number of carbonyl (C=O) groups is 1. The van der Waals surface area contributed by atoms with Gasteiger partial charge in [0.15, 0.2) is 0 Å². The molecule has 0 atom stereocenters. The molecule has 0 rings (SSSR count). The second kappa shape index (κ2) is 48.0. The van der Waals surface area contributed by atoms with Crippen molar-refractivity contribution in [1.29, 1.82) is 0 Å². The molecule has 0 spiro atoms. The zero-order valence-corrected chi connectivity index (χ0v) is 33.0. The maximum Gasteiger partial charge on any atom is 0.302 e. The fraction of sp³-hybridized carbons (Fsp3) is 0.974. The summed E-state index contributed by atoms with van der Waals surface area (Å²) in [4.78, 5) is 10.6. The number of ether oxygens (including phenoxy) is 13. The highest BCUT2D eigenvalue weighted by atomic mass is 16.6. The number of esters is 1. The monoisotopic (exact) mass is 757 g/mol. The predicted octanol–water partition coefficient (Wildman–Crippen LogP) is 4.67. The van der Waals surface area contributed by atoms with E-state index in [4.69, 9.17) is 61.6 Å². The van der Waals surface area contributed by atoms with Crippen molar-refractivity contribution in [3.05, 3.63) is 0 Å². The molecule has 0 aromatic carbocycles. The molecule has 0 N–H and O–H groups in total. The summed E-state index contributed by atoms with van der Waals surface area (Å²) < 4.78 is 70.5. The molecule has 0 aliphatic heterocycles. The van der Waals surface area contributed by atoms with Gasteiger partial charge in [0.05, 0.1) is 152 Å². The van der Waals surface area contributed by atoms with Crippen LogP contribution in [0.4, 0.5) is 0 Å². The van der Waals surface area contributed by atoms with Gasteiger partial charge in [-0.2, -0.15) is 0 Å². The molecular formula is C38H76O14. The number of carbonyl (C=O) groups excluding carboxylic acids is 1. The quantitative estimate of drug-likeness (QED) is 0.0628. The Labute approximate surface area is 315 Å². The van der Waals surface area contributed by atoms with E-state index >= 15 is 0 Å². The van der Waals surface area contributed by atoms with Crippen molar-refractivity contribution in [2.75, 3.05) is 165 Å². The van der Waals surface area contributed by atoms with Crippen molar-refractivity contribution in [2.24, 2.45) is 0 Å². The molecule has 0 radical (unpaired) electrons. The zero-order chi connectivity index (χ0) is 37.5. The molecule has 0 unspecified atom stereocenters. The number of unbranched alkanes of at least 4 members (excludes halogenated alkanes) is 9. The van der Waals surface area contributed by atoms with Crippen molar-refractivity contribution in [2.45, 2.75) is 78.1 Å². The fourth-order valence-electron chi connectivity index (χ4n) is 4.46. The molecule has 0 saturated carbocycles. The van der Waals surface area contributed by atoms with Crippen LogP contribution in [0.2, 0.25) is 0 Å². The van der Waals surface area contributed by atoms with Crippen LogP contribution in [0.3, 0.4) is 0 Å². The zero-order valence-electron chi connectivity index (χ0n) is 33.0. The maximum absolute atomic E-state index is 10.6. The Morgan fingerprint density at radius 2 is 0.462 bits per heavy atom. The summed E-state index contributed by atoms with van der Waals surface area (Å²) in [6, 6.07) is 0. The molecule has 312 valence electrons. The van der Waals surface area contributed by atoms with Gasteiger partial charge in [-0.15, -0.1) is 0 Å². The van der Waals surface area contributed by atoms with Gasteiger partial charge in [-0.05, 0) is 6.42 Å². The van der Waals surface area contributed by atoms with E-state index in [-0.39, 0.29) is 12.6 Å². The fourth-order valence-corrected chi connectivity index (χ4v) is 4.46. The molecule has 0 aliphatic carbocycles. The maximum atomic E-state index is 10.6. The minimum absolute atomic E-state index is 0.258. The Morgan fingerprint density at radius 3 is 0.692 bits per heavy atom. The predicted molar refractivity (Wildman–Crippen MR) is 198 cm³/mol. The first-order chi connectivity index (χ1) is 25.8. The van der Waals surface area contributed by atoms with E-state index in [0.29, 0.717) is 152 Å². The molecule has 14 nitrogen and oxygen atoms in total. The molecule has 0 aliphatic rings. The SMILES string of the molecule is CCCCCCCCCCCCOCCOCCOCCOCCOCCOCCOCCOCCOCCOCCOCCOCCOC(C)=O. The summed E-state index contributed by atoms with van der Waals surface area (Å²) in [5.41, 5.74) is 0. The van der Waals surface area contributed by atoms with Crippen molar-refractivity contribution in [1.82, 2.24) is 0 Å². The first-order valence-corrected chi connectivity index (χ1v) is 19.8.